The predicted molar refractivity (Wildman–Crippen MR) is 58.4 cm³/mol. The van der Waals surface area contributed by atoms with E-state index in [0.717, 1.165) is 7.27 Å². The van der Waals surface area contributed by atoms with Crippen LogP contribution in [0.4, 0.5) is 5.95 Å². The zero-order valence-corrected chi connectivity index (χ0v) is 9.88. The predicted octanol–water partition coefficient (Wildman–Crippen LogP) is 0.311. The molecule has 2 aromatic rings. The molecule has 2 aromatic heterocycles. The fourth-order valence-corrected chi connectivity index (χ4v) is 1.71. The van der Waals surface area contributed by atoms with Crippen LogP contribution in [-0.4, -0.2) is 25.0 Å². The second kappa shape index (κ2) is 2.90. The van der Waals surface area contributed by atoms with Crippen molar-refractivity contribution in [1.82, 2.24) is 25.0 Å². The molecule has 2 N–H and O–H groups in total. The van der Waals surface area contributed by atoms with Crippen LogP contribution in [0.5, 0.6) is 0 Å². The largest absolute Gasteiger partial charge is 0.368 e. The topological polar surface area (TPSA) is 82.0 Å². The summed E-state index contributed by atoms with van der Waals surface area (Å²) >= 11 is 4.22. The molecule has 2 rings (SSSR count). The van der Waals surface area contributed by atoms with Gasteiger partial charge in [0.25, 0.3) is 0 Å². The summed E-state index contributed by atoms with van der Waals surface area (Å²) in [6.07, 6.45) is 0. The number of tetrazole rings is 1. The molecule has 0 aliphatic carbocycles. The summed E-state index contributed by atoms with van der Waals surface area (Å²) in [7, 11) is 0. The normalized spacial score (nSPS) is 10.8. The molecule has 0 saturated heterocycles. The summed E-state index contributed by atoms with van der Waals surface area (Å²) in [6, 6.07) is 0. The van der Waals surface area contributed by atoms with Crippen LogP contribution in [0.2, 0.25) is 0 Å². The van der Waals surface area contributed by atoms with Gasteiger partial charge in [-0.1, -0.05) is 0 Å². The highest BCUT2D eigenvalue weighted by Gasteiger charge is 2.10. The smallest absolute Gasteiger partial charge is 0.225 e. The average Bonchev–Trinajstić information content (AvgIpc) is 2.48. The lowest BCUT2D eigenvalue weighted by molar-refractivity contribution is 0.816. The van der Waals surface area contributed by atoms with Gasteiger partial charge >= 0.3 is 0 Å². The van der Waals surface area contributed by atoms with Crippen LogP contribution in [0.1, 0.15) is 0 Å². The number of halogens is 2. The number of hydrogen-bond acceptors (Lipinski definition) is 5. The van der Waals surface area contributed by atoms with Crippen molar-refractivity contribution < 1.29 is 0 Å². The Labute approximate surface area is 94.2 Å². The molecule has 62 valence electrons. The van der Waals surface area contributed by atoms with Gasteiger partial charge in [0.05, 0.1) is 3.57 Å². The molecular formula is C4H2I2N6. The Morgan fingerprint density at radius 2 is 2.08 bits per heavy atom. The Morgan fingerprint density at radius 1 is 1.33 bits per heavy atom. The third kappa shape index (κ3) is 1.12. The first-order valence-corrected chi connectivity index (χ1v) is 5.04. The summed E-state index contributed by atoms with van der Waals surface area (Å²) in [5.74, 6) is 0.305. The zero-order valence-electron chi connectivity index (χ0n) is 5.57. The molecule has 0 radical (unpaired) electrons. The summed E-state index contributed by atoms with van der Waals surface area (Å²) < 4.78 is 3.13. The van der Waals surface area contributed by atoms with Crippen molar-refractivity contribution in [1.29, 1.82) is 0 Å². The number of nitrogens with zero attached hydrogens (tertiary/aromatic N) is 5. The van der Waals surface area contributed by atoms with Crippen molar-refractivity contribution in [2.45, 2.75) is 0 Å². The van der Waals surface area contributed by atoms with E-state index in [-0.39, 0.29) is 0 Å². The van der Waals surface area contributed by atoms with Crippen LogP contribution in [0.15, 0.2) is 0 Å². The second-order valence-electron chi connectivity index (χ2n) is 1.99. The lowest BCUT2D eigenvalue weighted by atomic mass is 10.6. The number of rotatable bonds is 0. The van der Waals surface area contributed by atoms with E-state index < -0.39 is 0 Å². The van der Waals surface area contributed by atoms with Crippen LogP contribution < -0.4 is 5.73 Å². The maximum absolute atomic E-state index is 5.57. The minimum atomic E-state index is 0.305. The van der Waals surface area contributed by atoms with E-state index in [9.17, 15) is 0 Å². The molecule has 12 heavy (non-hydrogen) atoms. The number of nitrogens with two attached hydrogens (primary N) is 1. The Bertz CT molecular complexity index is 436. The molecule has 8 heteroatoms. The third-order valence-electron chi connectivity index (χ3n) is 1.28. The maximum Gasteiger partial charge on any atom is 0.225 e. The van der Waals surface area contributed by atoms with Crippen molar-refractivity contribution in [3.05, 3.63) is 7.27 Å². The van der Waals surface area contributed by atoms with Gasteiger partial charge in [0, 0.05) is 0 Å². The number of nitrogen functional groups attached to an aromatic ring is 1. The highest BCUT2D eigenvalue weighted by atomic mass is 127. The number of aromatic nitrogens is 5. The van der Waals surface area contributed by atoms with E-state index in [4.69, 9.17) is 5.73 Å². The molecule has 0 amide bonds. The molecule has 6 nitrogen and oxygen atoms in total. The first kappa shape index (κ1) is 8.34. The number of hydrogen-bond donors (Lipinski definition) is 1. The van der Waals surface area contributed by atoms with Crippen LogP contribution in [-0.2, 0) is 0 Å². The fraction of sp³-hybridized carbons (Fsp3) is 0. The summed E-state index contributed by atoms with van der Waals surface area (Å²) in [4.78, 5) is 4.05. The van der Waals surface area contributed by atoms with E-state index in [2.05, 4.69) is 65.7 Å². The first-order valence-electron chi connectivity index (χ1n) is 2.88. The lowest BCUT2D eigenvalue weighted by Gasteiger charge is -1.98. The molecule has 0 saturated carbocycles. The van der Waals surface area contributed by atoms with Crippen molar-refractivity contribution in [2.24, 2.45) is 0 Å². The van der Waals surface area contributed by atoms with Crippen molar-refractivity contribution in [2.75, 3.05) is 5.73 Å². The molecule has 0 spiro atoms. The Balaban J connectivity index is 2.97. The van der Waals surface area contributed by atoms with Gasteiger partial charge in [-0.2, -0.15) is 4.52 Å². The van der Waals surface area contributed by atoms with Gasteiger partial charge in [0.15, 0.2) is 5.65 Å². The summed E-state index contributed by atoms with van der Waals surface area (Å²) in [5, 5.41) is 11.0. The molecule has 0 aliphatic heterocycles. The van der Waals surface area contributed by atoms with Crippen LogP contribution >= 0.6 is 45.2 Å². The number of anilines is 1. The Kier molecular flexibility index (Phi) is 2.02. The van der Waals surface area contributed by atoms with Gasteiger partial charge in [0.1, 0.15) is 3.70 Å². The third-order valence-corrected chi connectivity index (χ3v) is 4.08. The molecule has 0 bridgehead atoms. The number of fused-ring (bicyclic) bond motifs is 1. The summed E-state index contributed by atoms with van der Waals surface area (Å²) in [5.41, 5.74) is 6.22. The Morgan fingerprint density at radius 3 is 2.83 bits per heavy atom. The van der Waals surface area contributed by atoms with Crippen LogP contribution in [0, 0.1) is 7.27 Å². The average molecular weight is 388 g/mol. The maximum atomic E-state index is 5.57. The van der Waals surface area contributed by atoms with Crippen molar-refractivity contribution >= 4 is 56.8 Å². The fourth-order valence-electron chi connectivity index (χ4n) is 0.768. The van der Waals surface area contributed by atoms with E-state index in [1.165, 1.54) is 4.52 Å². The van der Waals surface area contributed by atoms with E-state index in [1.807, 2.05) is 0 Å². The van der Waals surface area contributed by atoms with E-state index in [1.54, 1.807) is 0 Å². The van der Waals surface area contributed by atoms with Gasteiger partial charge in [-0.05, 0) is 55.6 Å². The molecule has 0 aliphatic rings. The van der Waals surface area contributed by atoms with Crippen molar-refractivity contribution in [3.63, 3.8) is 0 Å². The lowest BCUT2D eigenvalue weighted by Crippen LogP contribution is -2.05. The molecule has 0 aromatic carbocycles. The van der Waals surface area contributed by atoms with Crippen LogP contribution in [0.25, 0.3) is 5.65 Å². The molecule has 0 atom stereocenters. The van der Waals surface area contributed by atoms with Crippen molar-refractivity contribution in [3.8, 4) is 0 Å². The Hall–Kier alpha value is -0.260. The van der Waals surface area contributed by atoms with E-state index in [0.29, 0.717) is 11.6 Å². The first-order chi connectivity index (χ1) is 5.70. The van der Waals surface area contributed by atoms with Gasteiger partial charge in [-0.25, -0.2) is 4.98 Å². The van der Waals surface area contributed by atoms with Gasteiger partial charge in [0.2, 0.25) is 5.95 Å². The molecule has 0 unspecified atom stereocenters. The van der Waals surface area contributed by atoms with E-state index >= 15 is 0 Å². The molecule has 2 heterocycles. The van der Waals surface area contributed by atoms with Gasteiger partial charge in [-0.3, -0.25) is 0 Å². The highest BCUT2D eigenvalue weighted by molar-refractivity contribution is 14.1. The second-order valence-corrected chi connectivity index (χ2v) is 4.09. The standard InChI is InChI=1S/C4H2I2N6/c5-1-2(6)8-4(7)12-3(1)9-10-11-12/h(H2,7,8). The SMILES string of the molecule is Nc1nc(I)c(I)c2nnnn12. The van der Waals surface area contributed by atoms with Gasteiger partial charge in [-0.15, -0.1) is 5.10 Å². The molecule has 0 fully saturated rings. The monoisotopic (exact) mass is 388 g/mol. The minimum Gasteiger partial charge on any atom is -0.368 e. The quantitative estimate of drug-likeness (QED) is 0.519. The minimum absolute atomic E-state index is 0.305. The van der Waals surface area contributed by atoms with Crippen LogP contribution in [0.3, 0.4) is 0 Å². The molecular weight excluding hydrogens is 386 g/mol. The zero-order chi connectivity index (χ0) is 8.72. The highest BCUT2D eigenvalue weighted by Crippen LogP contribution is 2.17. The summed E-state index contributed by atoms with van der Waals surface area (Å²) in [6.45, 7) is 0. The van der Waals surface area contributed by atoms with Gasteiger partial charge < -0.3 is 5.73 Å².